The van der Waals surface area contributed by atoms with Gasteiger partial charge in [0.1, 0.15) is 10.7 Å². The number of carbonyl (C=O) groups excluding carboxylic acids is 1. The van der Waals surface area contributed by atoms with Gasteiger partial charge in [-0.2, -0.15) is 0 Å². The van der Waals surface area contributed by atoms with Gasteiger partial charge in [-0.1, -0.05) is 23.8 Å². The van der Waals surface area contributed by atoms with Crippen LogP contribution in [0.3, 0.4) is 0 Å². The Morgan fingerprint density at radius 2 is 2.32 bits per heavy atom. The predicted octanol–water partition coefficient (Wildman–Crippen LogP) is 4.39. The van der Waals surface area contributed by atoms with E-state index in [9.17, 15) is 9.18 Å². The smallest absolute Gasteiger partial charge is 0.262 e. The van der Waals surface area contributed by atoms with Gasteiger partial charge in [-0.25, -0.2) is 4.39 Å². The molecule has 0 spiro atoms. The fraction of sp³-hybridized carbons (Fsp3) is 0.214. The van der Waals surface area contributed by atoms with Crippen molar-refractivity contribution in [2.45, 2.75) is 13.3 Å². The Kier molecular flexibility index (Phi) is 4.56. The van der Waals surface area contributed by atoms with Gasteiger partial charge >= 0.3 is 0 Å². The minimum atomic E-state index is -0.328. The van der Waals surface area contributed by atoms with Crippen LogP contribution in [0.15, 0.2) is 30.4 Å². The maximum absolute atomic E-state index is 13.1. The van der Waals surface area contributed by atoms with Crippen molar-refractivity contribution < 1.29 is 9.18 Å². The average molecular weight is 298 g/mol. The molecule has 0 saturated heterocycles. The number of hydrogen-bond donors (Lipinski definition) is 1. The molecule has 1 aromatic carbocycles. The van der Waals surface area contributed by atoms with E-state index in [0.717, 1.165) is 6.42 Å². The number of thiophene rings is 1. The number of nitrogens with one attached hydrogen (secondary N) is 1. The van der Waals surface area contributed by atoms with Gasteiger partial charge in [0.15, 0.2) is 0 Å². The maximum atomic E-state index is 13.1. The molecular weight excluding hydrogens is 285 g/mol. The topological polar surface area (TPSA) is 29.1 Å². The summed E-state index contributed by atoms with van der Waals surface area (Å²) in [4.78, 5) is 12.4. The predicted molar refractivity (Wildman–Crippen MR) is 78.6 cm³/mol. The number of carbonyl (C=O) groups is 1. The second kappa shape index (κ2) is 6.17. The monoisotopic (exact) mass is 297 g/mol. The molecule has 0 bridgehead atoms. The molecule has 0 aliphatic rings. The van der Waals surface area contributed by atoms with E-state index in [1.165, 1.54) is 23.5 Å². The summed E-state index contributed by atoms with van der Waals surface area (Å²) in [6.45, 7) is 2.49. The minimum absolute atomic E-state index is 0.212. The fourth-order valence-electron chi connectivity index (χ4n) is 1.70. The van der Waals surface area contributed by atoms with Crippen molar-refractivity contribution in [3.8, 4) is 0 Å². The molecule has 0 fully saturated rings. The third kappa shape index (κ3) is 3.14. The summed E-state index contributed by atoms with van der Waals surface area (Å²) in [5.41, 5.74) is 0. The highest BCUT2D eigenvalue weighted by molar-refractivity contribution is 7.21. The molecule has 0 radical (unpaired) electrons. The van der Waals surface area contributed by atoms with Gasteiger partial charge in [0.05, 0.1) is 5.02 Å². The number of benzene rings is 1. The molecule has 0 atom stereocenters. The Morgan fingerprint density at radius 1 is 1.53 bits per heavy atom. The SMILES string of the molecule is C/C=C/CCNC(=O)c1sc2cc(F)ccc2c1Cl. The highest BCUT2D eigenvalue weighted by atomic mass is 35.5. The van der Waals surface area contributed by atoms with Crippen molar-refractivity contribution in [2.24, 2.45) is 0 Å². The Balaban J connectivity index is 2.20. The molecular formula is C14H13ClFNOS. The number of halogens is 2. The largest absolute Gasteiger partial charge is 0.351 e. The van der Waals surface area contributed by atoms with E-state index in [-0.39, 0.29) is 11.7 Å². The Labute approximate surface area is 119 Å². The lowest BCUT2D eigenvalue weighted by atomic mass is 10.2. The first-order chi connectivity index (χ1) is 9.13. The Bertz CT molecular complexity index is 636. The third-order valence-corrected chi connectivity index (χ3v) is 4.29. The van der Waals surface area contributed by atoms with E-state index in [2.05, 4.69) is 5.32 Å². The highest BCUT2D eigenvalue weighted by Crippen LogP contribution is 2.35. The number of allylic oxidation sites excluding steroid dienone is 1. The third-order valence-electron chi connectivity index (χ3n) is 2.63. The first-order valence-electron chi connectivity index (χ1n) is 5.90. The quantitative estimate of drug-likeness (QED) is 0.658. The van der Waals surface area contributed by atoms with Crippen LogP contribution in [0.2, 0.25) is 5.02 Å². The molecule has 0 aliphatic carbocycles. The summed E-state index contributed by atoms with van der Waals surface area (Å²) in [7, 11) is 0. The lowest BCUT2D eigenvalue weighted by Gasteiger charge is -2.01. The zero-order chi connectivity index (χ0) is 13.8. The van der Waals surface area contributed by atoms with Crippen molar-refractivity contribution >= 4 is 38.9 Å². The van der Waals surface area contributed by atoms with E-state index in [4.69, 9.17) is 11.6 Å². The van der Waals surface area contributed by atoms with Gasteiger partial charge in [0.2, 0.25) is 0 Å². The zero-order valence-electron chi connectivity index (χ0n) is 10.4. The van der Waals surface area contributed by atoms with Crippen LogP contribution in [0.4, 0.5) is 4.39 Å². The van der Waals surface area contributed by atoms with Gasteiger partial charge in [-0.3, -0.25) is 4.79 Å². The van der Waals surface area contributed by atoms with Gasteiger partial charge in [0, 0.05) is 16.6 Å². The molecule has 1 aromatic heterocycles. The van der Waals surface area contributed by atoms with E-state index in [0.29, 0.717) is 26.5 Å². The van der Waals surface area contributed by atoms with E-state index >= 15 is 0 Å². The van der Waals surface area contributed by atoms with E-state index in [1.807, 2.05) is 19.1 Å². The average Bonchev–Trinajstić information content (AvgIpc) is 2.71. The summed E-state index contributed by atoms with van der Waals surface area (Å²) in [5.74, 6) is -0.540. The second-order valence-electron chi connectivity index (χ2n) is 4.00. The van der Waals surface area contributed by atoms with Gasteiger partial charge in [-0.15, -0.1) is 11.3 Å². The minimum Gasteiger partial charge on any atom is -0.351 e. The van der Waals surface area contributed by atoms with Gasteiger partial charge < -0.3 is 5.32 Å². The van der Waals surface area contributed by atoms with Crippen molar-refractivity contribution in [1.29, 1.82) is 0 Å². The van der Waals surface area contributed by atoms with Crippen LogP contribution >= 0.6 is 22.9 Å². The first-order valence-corrected chi connectivity index (χ1v) is 7.10. The molecule has 2 rings (SSSR count). The standard InChI is InChI=1S/C14H13ClFNOS/c1-2-3-4-7-17-14(18)13-12(15)10-6-5-9(16)8-11(10)19-13/h2-3,5-6,8H,4,7H2,1H3,(H,17,18)/b3-2+. The fourth-order valence-corrected chi connectivity index (χ4v) is 3.16. The van der Waals surface area contributed by atoms with Crippen molar-refractivity contribution in [3.63, 3.8) is 0 Å². The molecule has 2 nitrogen and oxygen atoms in total. The highest BCUT2D eigenvalue weighted by Gasteiger charge is 2.16. The molecule has 0 saturated carbocycles. The molecule has 5 heteroatoms. The summed E-state index contributed by atoms with van der Waals surface area (Å²) in [6.07, 6.45) is 4.68. The molecule has 100 valence electrons. The number of rotatable bonds is 4. The molecule has 0 unspecified atom stereocenters. The van der Waals surface area contributed by atoms with Crippen molar-refractivity contribution in [3.05, 3.63) is 46.1 Å². The molecule has 0 aliphatic heterocycles. The summed E-state index contributed by atoms with van der Waals surface area (Å²) in [6, 6.07) is 4.33. The van der Waals surface area contributed by atoms with Crippen LogP contribution < -0.4 is 5.32 Å². The van der Waals surface area contributed by atoms with E-state index in [1.54, 1.807) is 6.07 Å². The number of amides is 1. The lowest BCUT2D eigenvalue weighted by Crippen LogP contribution is -2.23. The van der Waals surface area contributed by atoms with Crippen molar-refractivity contribution in [1.82, 2.24) is 5.32 Å². The normalized spacial score (nSPS) is 11.3. The summed E-state index contributed by atoms with van der Waals surface area (Å²) in [5, 5.41) is 3.90. The number of fused-ring (bicyclic) bond motifs is 1. The van der Waals surface area contributed by atoms with Crippen molar-refractivity contribution in [2.75, 3.05) is 6.54 Å². The molecule has 1 heterocycles. The Hall–Kier alpha value is -1.39. The molecule has 1 N–H and O–H groups in total. The Morgan fingerprint density at radius 3 is 3.05 bits per heavy atom. The van der Waals surface area contributed by atoms with Crippen LogP contribution in [-0.4, -0.2) is 12.5 Å². The molecule has 2 aromatic rings. The summed E-state index contributed by atoms with van der Waals surface area (Å²) >= 11 is 7.37. The lowest BCUT2D eigenvalue weighted by molar-refractivity contribution is 0.0958. The van der Waals surface area contributed by atoms with Crippen LogP contribution in [0.1, 0.15) is 23.0 Å². The van der Waals surface area contributed by atoms with Gasteiger partial charge in [0.25, 0.3) is 5.91 Å². The summed E-state index contributed by atoms with van der Waals surface area (Å²) < 4.78 is 13.8. The first kappa shape index (κ1) is 14.0. The molecule has 1 amide bonds. The van der Waals surface area contributed by atoms with E-state index < -0.39 is 0 Å². The molecule has 19 heavy (non-hydrogen) atoms. The number of hydrogen-bond acceptors (Lipinski definition) is 2. The van der Waals surface area contributed by atoms with Crippen LogP contribution in [0, 0.1) is 5.82 Å². The van der Waals surface area contributed by atoms with Crippen LogP contribution in [0.5, 0.6) is 0 Å². The second-order valence-corrected chi connectivity index (χ2v) is 5.43. The van der Waals surface area contributed by atoms with Gasteiger partial charge in [-0.05, 0) is 31.5 Å². The zero-order valence-corrected chi connectivity index (χ0v) is 11.9. The van der Waals surface area contributed by atoms with Crippen LogP contribution in [0.25, 0.3) is 10.1 Å². The van der Waals surface area contributed by atoms with Crippen LogP contribution in [-0.2, 0) is 0 Å². The maximum Gasteiger partial charge on any atom is 0.262 e.